The van der Waals surface area contributed by atoms with Gasteiger partial charge in [-0.2, -0.15) is 0 Å². The van der Waals surface area contributed by atoms with E-state index < -0.39 is 5.60 Å². The molecule has 3 saturated carbocycles. The van der Waals surface area contributed by atoms with Crippen molar-refractivity contribution in [2.24, 2.45) is 16.7 Å². The molecule has 0 radical (unpaired) electrons. The molecule has 0 aromatic heterocycles. The van der Waals surface area contributed by atoms with E-state index in [0.717, 1.165) is 25.7 Å². The van der Waals surface area contributed by atoms with Gasteiger partial charge in [-0.1, -0.05) is 23.8 Å². The number of methoxy groups -OCH3 is 1. The van der Waals surface area contributed by atoms with Crippen molar-refractivity contribution in [3.8, 4) is 0 Å². The third-order valence-electron chi connectivity index (χ3n) is 6.51. The summed E-state index contributed by atoms with van der Waals surface area (Å²) in [6, 6.07) is 0. The lowest BCUT2D eigenvalue weighted by Gasteiger charge is -2.32. The topological polar surface area (TPSA) is 29.5 Å². The number of hydrogen-bond acceptors (Lipinski definition) is 2. The Balaban J connectivity index is 1.90. The predicted molar refractivity (Wildman–Crippen MR) is 58.7 cm³/mol. The molecule has 0 aromatic carbocycles. The van der Waals surface area contributed by atoms with E-state index in [1.165, 1.54) is 5.57 Å². The van der Waals surface area contributed by atoms with Crippen LogP contribution in [-0.4, -0.2) is 23.4 Å². The Morgan fingerprint density at radius 2 is 2.25 bits per heavy atom. The molecule has 0 amide bonds. The maximum Gasteiger partial charge on any atom is 0.101 e. The van der Waals surface area contributed by atoms with Crippen molar-refractivity contribution in [2.75, 3.05) is 7.11 Å². The van der Waals surface area contributed by atoms with Gasteiger partial charge in [-0.15, -0.1) is 0 Å². The molecule has 5 aliphatic rings. The van der Waals surface area contributed by atoms with Crippen LogP contribution in [0, 0.1) is 16.7 Å². The van der Waals surface area contributed by atoms with E-state index in [1.807, 2.05) is 7.11 Å². The van der Waals surface area contributed by atoms with E-state index in [1.54, 1.807) is 0 Å². The van der Waals surface area contributed by atoms with Gasteiger partial charge in [0.05, 0.1) is 11.0 Å². The lowest BCUT2D eigenvalue weighted by atomic mass is 9.82. The van der Waals surface area contributed by atoms with Crippen molar-refractivity contribution in [2.45, 2.75) is 36.9 Å². The Bertz CT molecular complexity index is 493. The van der Waals surface area contributed by atoms with E-state index in [4.69, 9.17) is 4.74 Å². The zero-order chi connectivity index (χ0) is 10.8. The predicted octanol–water partition coefficient (Wildman–Crippen LogP) is 1.80. The fourth-order valence-corrected chi connectivity index (χ4v) is 6.39. The molecule has 16 heavy (non-hydrogen) atoms. The van der Waals surface area contributed by atoms with Crippen LogP contribution in [0.2, 0.25) is 0 Å². The minimum Gasteiger partial charge on any atom is -0.389 e. The van der Waals surface area contributed by atoms with Gasteiger partial charge >= 0.3 is 0 Å². The highest BCUT2D eigenvalue weighted by Gasteiger charge is 3.01. The minimum atomic E-state index is -0.464. The van der Waals surface area contributed by atoms with Gasteiger partial charge in [-0.25, -0.2) is 0 Å². The fraction of sp³-hybridized carbons (Fsp3) is 0.714. The number of ether oxygens (including phenoxy) is 1. The largest absolute Gasteiger partial charge is 0.389 e. The molecule has 0 heterocycles. The molecule has 0 saturated heterocycles. The quantitative estimate of drug-likeness (QED) is 0.677. The second-order valence-electron chi connectivity index (χ2n) is 6.27. The standard InChI is InChI=1S/C14H16O2/c1-16-14-10-2-4-11(14)6-7-12(15)5-3-9(8-10)13(11,12)14/h2,4,8,10,15H,3,5-7H2,1H3/t10?,11-,12+,13?,14-/m1/s1. The van der Waals surface area contributed by atoms with Crippen LogP contribution in [0.25, 0.3) is 0 Å². The lowest BCUT2D eigenvalue weighted by Crippen LogP contribution is -2.41. The van der Waals surface area contributed by atoms with Gasteiger partial charge in [0.15, 0.2) is 0 Å². The molecule has 84 valence electrons. The lowest BCUT2D eigenvalue weighted by molar-refractivity contribution is -0.0631. The summed E-state index contributed by atoms with van der Waals surface area (Å²) in [5, 5.41) is 11.0. The van der Waals surface area contributed by atoms with Crippen LogP contribution in [0.4, 0.5) is 0 Å². The summed E-state index contributed by atoms with van der Waals surface area (Å²) < 4.78 is 5.98. The first kappa shape index (κ1) is 8.48. The van der Waals surface area contributed by atoms with Crippen molar-refractivity contribution < 1.29 is 9.84 Å². The van der Waals surface area contributed by atoms with Crippen LogP contribution in [0.3, 0.4) is 0 Å². The zero-order valence-corrected chi connectivity index (χ0v) is 9.49. The van der Waals surface area contributed by atoms with Crippen molar-refractivity contribution in [1.82, 2.24) is 0 Å². The van der Waals surface area contributed by atoms with Crippen LogP contribution in [0.1, 0.15) is 25.7 Å². The zero-order valence-electron chi connectivity index (χ0n) is 9.49. The van der Waals surface area contributed by atoms with Crippen LogP contribution in [-0.2, 0) is 4.74 Å². The monoisotopic (exact) mass is 216 g/mol. The minimum absolute atomic E-state index is 0.0127. The summed E-state index contributed by atoms with van der Waals surface area (Å²) in [5.41, 5.74) is 1.10. The molecule has 0 bridgehead atoms. The van der Waals surface area contributed by atoms with Gasteiger partial charge in [0.25, 0.3) is 0 Å². The molecule has 5 atom stereocenters. The number of rotatable bonds is 1. The van der Waals surface area contributed by atoms with Crippen molar-refractivity contribution in [1.29, 1.82) is 0 Å². The average Bonchev–Trinajstić information content (AvgIpc) is 2.63. The molecule has 0 aromatic rings. The molecule has 3 fully saturated rings. The first-order chi connectivity index (χ1) is 7.69. The van der Waals surface area contributed by atoms with Gasteiger partial charge in [0.1, 0.15) is 5.60 Å². The molecule has 2 unspecified atom stereocenters. The Kier molecular flexibility index (Phi) is 0.980. The highest BCUT2D eigenvalue weighted by Crippen LogP contribution is 2.96. The molecule has 1 N–H and O–H groups in total. The second kappa shape index (κ2) is 1.85. The van der Waals surface area contributed by atoms with Gasteiger partial charge in [0.2, 0.25) is 0 Å². The number of hydrogen-bond donors (Lipinski definition) is 1. The SMILES string of the molecule is CO[C@]12C3C=C[C@]14CC[C@@]1(O)CCC(=C3)C142. The molecule has 2 heteroatoms. The van der Waals surface area contributed by atoms with E-state index >= 15 is 0 Å². The van der Waals surface area contributed by atoms with E-state index in [9.17, 15) is 5.11 Å². The maximum absolute atomic E-state index is 11.0. The number of aliphatic hydroxyl groups is 1. The van der Waals surface area contributed by atoms with Crippen LogP contribution >= 0.6 is 0 Å². The molecule has 5 rings (SSSR count). The van der Waals surface area contributed by atoms with Gasteiger partial charge in [-0.05, 0) is 25.7 Å². The summed E-state index contributed by atoms with van der Waals surface area (Å²) in [5.74, 6) is 0.430. The third-order valence-corrected chi connectivity index (χ3v) is 6.51. The second-order valence-corrected chi connectivity index (χ2v) is 6.27. The van der Waals surface area contributed by atoms with Gasteiger partial charge < -0.3 is 9.84 Å². The van der Waals surface area contributed by atoms with Gasteiger partial charge in [-0.3, -0.25) is 0 Å². The molecule has 0 aliphatic heterocycles. The van der Waals surface area contributed by atoms with E-state index in [2.05, 4.69) is 18.2 Å². The van der Waals surface area contributed by atoms with Crippen molar-refractivity contribution in [3.05, 3.63) is 23.8 Å². The first-order valence-electron chi connectivity index (χ1n) is 6.37. The van der Waals surface area contributed by atoms with Crippen molar-refractivity contribution in [3.63, 3.8) is 0 Å². The summed E-state index contributed by atoms with van der Waals surface area (Å²) in [7, 11) is 1.84. The van der Waals surface area contributed by atoms with Crippen molar-refractivity contribution >= 4 is 0 Å². The summed E-state index contributed by atoms with van der Waals surface area (Å²) in [4.78, 5) is 0. The third kappa shape index (κ3) is 0.404. The Morgan fingerprint density at radius 1 is 1.38 bits per heavy atom. The Hall–Kier alpha value is -0.600. The summed E-state index contributed by atoms with van der Waals surface area (Å²) in [6.45, 7) is 0. The maximum atomic E-state index is 11.0. The molecule has 2 nitrogen and oxygen atoms in total. The fourth-order valence-electron chi connectivity index (χ4n) is 6.39. The average molecular weight is 216 g/mol. The van der Waals surface area contributed by atoms with Gasteiger partial charge in [0, 0.05) is 18.4 Å². The first-order valence-corrected chi connectivity index (χ1v) is 6.37. The highest BCUT2D eigenvalue weighted by molar-refractivity contribution is 5.67. The smallest absolute Gasteiger partial charge is 0.101 e. The molecule has 5 aliphatic carbocycles. The van der Waals surface area contributed by atoms with Crippen LogP contribution in [0.15, 0.2) is 23.8 Å². The Labute approximate surface area is 95.0 Å². The van der Waals surface area contributed by atoms with E-state index in [-0.39, 0.29) is 16.4 Å². The molecular weight excluding hydrogens is 200 g/mol. The van der Waals surface area contributed by atoms with E-state index in [0.29, 0.717) is 5.92 Å². The summed E-state index contributed by atoms with van der Waals surface area (Å²) >= 11 is 0. The Morgan fingerprint density at radius 3 is 3.00 bits per heavy atom. The molecule has 2 spiro atoms. The summed E-state index contributed by atoms with van der Waals surface area (Å²) in [6.07, 6.45) is 11.2. The van der Waals surface area contributed by atoms with Crippen LogP contribution in [0.5, 0.6) is 0 Å². The van der Waals surface area contributed by atoms with Crippen LogP contribution < -0.4 is 0 Å². The normalized spacial score (nSPS) is 67.1. The molecular formula is C14H16O2. The highest BCUT2D eigenvalue weighted by atomic mass is 16.5.